The Kier molecular flexibility index (Phi) is 1.54. The van der Waals surface area contributed by atoms with Crippen molar-refractivity contribution in [2.24, 2.45) is 0 Å². The molecular weight excluding hydrogens is 148 g/mol. The Morgan fingerprint density at radius 3 is 2.92 bits per heavy atom. The maximum atomic E-state index is 3.13. The van der Waals surface area contributed by atoms with E-state index in [2.05, 4.69) is 34.1 Å². The third-order valence-corrected chi connectivity index (χ3v) is 1.97. The molecule has 0 unspecified atom stereocenters. The van der Waals surface area contributed by atoms with Crippen LogP contribution in [-0.4, -0.2) is 19.1 Å². The van der Waals surface area contributed by atoms with Gasteiger partial charge in [-0.3, -0.25) is 0 Å². The van der Waals surface area contributed by atoms with Crippen molar-refractivity contribution in [2.45, 2.75) is 0 Å². The predicted octanol–water partition coefficient (Wildman–Crippen LogP) is 2.03. The number of rotatable bonds is 1. The van der Waals surface area contributed by atoms with Crippen molar-refractivity contribution in [3.8, 4) is 0 Å². The summed E-state index contributed by atoms with van der Waals surface area (Å²) in [5.41, 5.74) is 2.35. The predicted molar refractivity (Wildman–Crippen MR) is 51.5 cm³/mol. The van der Waals surface area contributed by atoms with Crippen molar-refractivity contribution in [1.82, 2.24) is 4.98 Å². The molecule has 2 nitrogen and oxygen atoms in total. The molecule has 2 heteroatoms. The van der Waals surface area contributed by atoms with E-state index in [1.165, 1.54) is 5.69 Å². The SMILES string of the molecule is CN(C)c1ccc2[nH]c[c]c2c1. The molecule has 0 saturated heterocycles. The van der Waals surface area contributed by atoms with Gasteiger partial charge in [-0.2, -0.15) is 0 Å². The summed E-state index contributed by atoms with van der Waals surface area (Å²) in [7, 11) is 4.07. The molecule has 0 aliphatic rings. The molecule has 1 radical (unpaired) electrons. The van der Waals surface area contributed by atoms with Crippen LogP contribution in [0.1, 0.15) is 0 Å². The van der Waals surface area contributed by atoms with Crippen molar-refractivity contribution >= 4 is 16.6 Å². The van der Waals surface area contributed by atoms with E-state index in [0.717, 1.165) is 10.9 Å². The quantitative estimate of drug-likeness (QED) is 0.674. The Morgan fingerprint density at radius 2 is 2.17 bits per heavy atom. The number of H-pyrrole nitrogens is 1. The molecule has 1 N–H and O–H groups in total. The van der Waals surface area contributed by atoms with Gasteiger partial charge in [0.05, 0.1) is 0 Å². The van der Waals surface area contributed by atoms with E-state index in [-0.39, 0.29) is 0 Å². The first-order valence-electron chi connectivity index (χ1n) is 3.93. The average Bonchev–Trinajstić information content (AvgIpc) is 2.49. The minimum Gasteiger partial charge on any atom is -0.378 e. The van der Waals surface area contributed by atoms with E-state index in [9.17, 15) is 0 Å². The molecule has 1 aromatic heterocycles. The molecule has 0 atom stereocenters. The molecule has 1 aromatic carbocycles. The van der Waals surface area contributed by atoms with Crippen LogP contribution in [0.2, 0.25) is 0 Å². The van der Waals surface area contributed by atoms with Gasteiger partial charge in [-0.25, -0.2) is 0 Å². The number of fused-ring (bicyclic) bond motifs is 1. The molecule has 0 spiro atoms. The van der Waals surface area contributed by atoms with Gasteiger partial charge < -0.3 is 9.88 Å². The molecule has 0 amide bonds. The number of hydrogen-bond donors (Lipinski definition) is 1. The Hall–Kier alpha value is -1.44. The molecule has 0 aliphatic carbocycles. The highest BCUT2D eigenvalue weighted by Gasteiger charge is 1.97. The Balaban J connectivity index is 2.60. The van der Waals surface area contributed by atoms with Gasteiger partial charge in [-0.1, -0.05) is 0 Å². The first-order chi connectivity index (χ1) is 5.77. The monoisotopic (exact) mass is 159 g/mol. The van der Waals surface area contributed by atoms with Crippen LogP contribution in [-0.2, 0) is 0 Å². The van der Waals surface area contributed by atoms with Crippen molar-refractivity contribution in [2.75, 3.05) is 19.0 Å². The molecule has 0 aliphatic heterocycles. The second kappa shape index (κ2) is 2.55. The molecule has 12 heavy (non-hydrogen) atoms. The molecule has 0 fully saturated rings. The molecule has 1 heterocycles. The highest BCUT2D eigenvalue weighted by Crippen LogP contribution is 2.18. The number of hydrogen-bond acceptors (Lipinski definition) is 1. The fraction of sp³-hybridized carbons (Fsp3) is 0.200. The number of aromatic nitrogens is 1. The van der Waals surface area contributed by atoms with Gasteiger partial charge in [0.15, 0.2) is 0 Å². The van der Waals surface area contributed by atoms with Crippen LogP contribution < -0.4 is 4.90 Å². The first kappa shape index (κ1) is 7.22. The summed E-state index contributed by atoms with van der Waals surface area (Å²) < 4.78 is 0. The maximum absolute atomic E-state index is 3.13. The molecule has 2 rings (SSSR count). The minimum absolute atomic E-state index is 1.14. The number of benzene rings is 1. The lowest BCUT2D eigenvalue weighted by atomic mass is 10.2. The van der Waals surface area contributed by atoms with E-state index >= 15 is 0 Å². The van der Waals surface area contributed by atoms with E-state index < -0.39 is 0 Å². The van der Waals surface area contributed by atoms with Gasteiger partial charge >= 0.3 is 0 Å². The molecule has 61 valence electrons. The van der Waals surface area contributed by atoms with Gasteiger partial charge in [0, 0.05) is 42.9 Å². The van der Waals surface area contributed by atoms with Crippen molar-refractivity contribution in [1.29, 1.82) is 0 Å². The zero-order chi connectivity index (χ0) is 8.55. The molecule has 0 saturated carbocycles. The summed E-state index contributed by atoms with van der Waals surface area (Å²) in [5.74, 6) is 0. The van der Waals surface area contributed by atoms with Crippen LogP contribution in [0.3, 0.4) is 0 Å². The number of nitrogens with one attached hydrogen (secondary N) is 1. The topological polar surface area (TPSA) is 19.0 Å². The summed E-state index contributed by atoms with van der Waals surface area (Å²) in [6.45, 7) is 0. The number of nitrogens with zero attached hydrogens (tertiary/aromatic N) is 1. The molecular formula is C10H11N2. The summed E-state index contributed by atoms with van der Waals surface area (Å²) in [6, 6.07) is 9.41. The summed E-state index contributed by atoms with van der Waals surface area (Å²) >= 11 is 0. The highest BCUT2D eigenvalue weighted by molar-refractivity contribution is 5.82. The van der Waals surface area contributed by atoms with Gasteiger partial charge in [-0.05, 0) is 18.2 Å². The van der Waals surface area contributed by atoms with E-state index in [1.54, 1.807) is 0 Å². The summed E-state index contributed by atoms with van der Waals surface area (Å²) in [6.07, 6.45) is 1.84. The normalized spacial score (nSPS) is 10.5. The van der Waals surface area contributed by atoms with E-state index in [1.807, 2.05) is 20.3 Å². The van der Waals surface area contributed by atoms with E-state index in [4.69, 9.17) is 0 Å². The smallest absolute Gasteiger partial charge is 0.0461 e. The zero-order valence-corrected chi connectivity index (χ0v) is 7.26. The lowest BCUT2D eigenvalue weighted by Crippen LogP contribution is -2.07. The van der Waals surface area contributed by atoms with Crippen LogP contribution in [0.15, 0.2) is 24.4 Å². The van der Waals surface area contributed by atoms with Crippen LogP contribution >= 0.6 is 0 Å². The Morgan fingerprint density at radius 1 is 1.33 bits per heavy atom. The largest absolute Gasteiger partial charge is 0.378 e. The fourth-order valence-electron chi connectivity index (χ4n) is 1.25. The van der Waals surface area contributed by atoms with Crippen molar-refractivity contribution in [3.63, 3.8) is 0 Å². The van der Waals surface area contributed by atoms with Gasteiger partial charge in [0.2, 0.25) is 0 Å². The third kappa shape index (κ3) is 1.05. The fourth-order valence-corrected chi connectivity index (χ4v) is 1.25. The van der Waals surface area contributed by atoms with Crippen LogP contribution in [0.4, 0.5) is 5.69 Å². The van der Waals surface area contributed by atoms with Gasteiger partial charge in [0.1, 0.15) is 0 Å². The average molecular weight is 159 g/mol. The Labute approximate surface area is 71.8 Å². The second-order valence-corrected chi connectivity index (χ2v) is 3.06. The number of aromatic amines is 1. The van der Waals surface area contributed by atoms with Gasteiger partial charge in [-0.15, -0.1) is 0 Å². The maximum Gasteiger partial charge on any atom is 0.0461 e. The minimum atomic E-state index is 1.14. The Bertz CT molecular complexity index is 387. The second-order valence-electron chi connectivity index (χ2n) is 3.06. The van der Waals surface area contributed by atoms with E-state index in [0.29, 0.717) is 0 Å². The number of anilines is 1. The van der Waals surface area contributed by atoms with Crippen LogP contribution in [0.5, 0.6) is 0 Å². The summed E-state index contributed by atoms with van der Waals surface area (Å²) in [5, 5.41) is 1.14. The standard InChI is InChI=1S/C10H11N2/c1-12(2)9-3-4-10-8(7-9)5-6-11-10/h3-4,6-7,11H,1-2H3. The van der Waals surface area contributed by atoms with Gasteiger partial charge in [0.25, 0.3) is 0 Å². The van der Waals surface area contributed by atoms with Crippen molar-refractivity contribution in [3.05, 3.63) is 30.5 Å². The first-order valence-corrected chi connectivity index (χ1v) is 3.93. The summed E-state index contributed by atoms with van der Waals surface area (Å²) in [4.78, 5) is 5.20. The third-order valence-electron chi connectivity index (χ3n) is 1.97. The van der Waals surface area contributed by atoms with Crippen molar-refractivity contribution < 1.29 is 0 Å². The lowest BCUT2D eigenvalue weighted by molar-refractivity contribution is 1.13. The molecule has 2 aromatic rings. The molecule has 0 bridgehead atoms. The zero-order valence-electron chi connectivity index (χ0n) is 7.26. The lowest BCUT2D eigenvalue weighted by Gasteiger charge is -2.11. The highest BCUT2D eigenvalue weighted by atomic mass is 15.1. The van der Waals surface area contributed by atoms with Crippen LogP contribution in [0.25, 0.3) is 10.9 Å². The van der Waals surface area contributed by atoms with Crippen LogP contribution in [0, 0.1) is 6.07 Å².